The Balaban J connectivity index is 1.46. The van der Waals surface area contributed by atoms with Crippen molar-refractivity contribution in [1.29, 1.82) is 0 Å². The van der Waals surface area contributed by atoms with Crippen molar-refractivity contribution in [1.82, 2.24) is 15.2 Å². The Morgan fingerprint density at radius 1 is 1.35 bits per heavy atom. The minimum Gasteiger partial charge on any atom is -0.309 e. The van der Waals surface area contributed by atoms with Gasteiger partial charge >= 0.3 is 0 Å². The minimum atomic E-state index is 0.678. The zero-order valence-corrected chi connectivity index (χ0v) is 10.5. The van der Waals surface area contributed by atoms with Gasteiger partial charge in [0.2, 0.25) is 0 Å². The lowest BCUT2D eigenvalue weighted by Crippen LogP contribution is -2.32. The van der Waals surface area contributed by atoms with Gasteiger partial charge in [0.15, 0.2) is 0 Å². The van der Waals surface area contributed by atoms with Crippen LogP contribution in [0.25, 0.3) is 0 Å². The largest absolute Gasteiger partial charge is 0.309 e. The molecule has 0 spiro atoms. The van der Waals surface area contributed by atoms with E-state index in [2.05, 4.69) is 27.3 Å². The molecule has 2 fully saturated rings. The highest BCUT2D eigenvalue weighted by Crippen LogP contribution is 2.29. The van der Waals surface area contributed by atoms with Crippen LogP contribution in [0.4, 0.5) is 0 Å². The van der Waals surface area contributed by atoms with Crippen molar-refractivity contribution in [2.24, 2.45) is 0 Å². The fraction of sp³-hybridized carbons (Fsp3) is 0.643. The summed E-state index contributed by atoms with van der Waals surface area (Å²) in [5.41, 5.74) is 2.38. The van der Waals surface area contributed by atoms with E-state index >= 15 is 0 Å². The van der Waals surface area contributed by atoms with Crippen LogP contribution >= 0.6 is 0 Å². The van der Waals surface area contributed by atoms with Crippen molar-refractivity contribution in [3.05, 3.63) is 29.6 Å². The summed E-state index contributed by atoms with van der Waals surface area (Å²) in [7, 11) is 0. The van der Waals surface area contributed by atoms with Crippen LogP contribution in [0.3, 0.4) is 0 Å². The number of nitrogens with one attached hydrogen (secondary N) is 1. The number of hydrogen-bond donors (Lipinski definition) is 1. The fourth-order valence-corrected chi connectivity index (χ4v) is 2.59. The molecule has 1 aliphatic heterocycles. The zero-order chi connectivity index (χ0) is 11.7. The molecule has 1 atom stereocenters. The summed E-state index contributed by atoms with van der Waals surface area (Å²) < 4.78 is 0. The van der Waals surface area contributed by atoms with E-state index in [1.807, 2.05) is 13.1 Å². The third kappa shape index (κ3) is 2.85. The van der Waals surface area contributed by atoms with Gasteiger partial charge in [0.1, 0.15) is 0 Å². The molecule has 17 heavy (non-hydrogen) atoms. The summed E-state index contributed by atoms with van der Waals surface area (Å²) in [5, 5.41) is 3.65. The first-order valence-electron chi connectivity index (χ1n) is 6.70. The van der Waals surface area contributed by atoms with Gasteiger partial charge in [-0.25, -0.2) is 0 Å². The smallest absolute Gasteiger partial charge is 0.0372 e. The summed E-state index contributed by atoms with van der Waals surface area (Å²) in [6.45, 7) is 5.51. The Morgan fingerprint density at radius 2 is 2.24 bits per heavy atom. The van der Waals surface area contributed by atoms with Crippen molar-refractivity contribution in [2.75, 3.05) is 13.1 Å². The summed E-state index contributed by atoms with van der Waals surface area (Å²) in [5.74, 6) is 0. The Labute approximate surface area is 103 Å². The lowest BCUT2D eigenvalue weighted by Gasteiger charge is -2.15. The number of aryl methyl sites for hydroxylation is 1. The van der Waals surface area contributed by atoms with E-state index < -0.39 is 0 Å². The standard InChI is InChI=1S/C14H21N3/c1-11-2-3-12(8-15-11)9-16-13-6-7-17(10-13)14-4-5-14/h2-3,8,13-14,16H,4-7,9-10H2,1H3. The highest BCUT2D eigenvalue weighted by Gasteiger charge is 2.33. The Bertz CT molecular complexity index is 370. The molecule has 1 unspecified atom stereocenters. The maximum absolute atomic E-state index is 4.33. The highest BCUT2D eigenvalue weighted by molar-refractivity contribution is 5.13. The van der Waals surface area contributed by atoms with Crippen LogP contribution in [0.5, 0.6) is 0 Å². The maximum Gasteiger partial charge on any atom is 0.0372 e. The second kappa shape index (κ2) is 4.75. The van der Waals surface area contributed by atoms with Crippen LogP contribution in [0.2, 0.25) is 0 Å². The molecule has 0 radical (unpaired) electrons. The van der Waals surface area contributed by atoms with Crippen LogP contribution < -0.4 is 5.32 Å². The number of likely N-dealkylation sites (tertiary alicyclic amines) is 1. The molecule has 1 N–H and O–H groups in total. The maximum atomic E-state index is 4.33. The second-order valence-corrected chi connectivity index (χ2v) is 5.40. The van der Waals surface area contributed by atoms with Crippen LogP contribution in [0.1, 0.15) is 30.5 Å². The molecule has 3 nitrogen and oxygen atoms in total. The normalized spacial score (nSPS) is 25.4. The fourth-order valence-electron chi connectivity index (χ4n) is 2.59. The molecule has 1 saturated heterocycles. The van der Waals surface area contributed by atoms with Crippen LogP contribution in [0, 0.1) is 6.92 Å². The van der Waals surface area contributed by atoms with Crippen molar-refractivity contribution in [3.63, 3.8) is 0 Å². The van der Waals surface area contributed by atoms with Crippen molar-refractivity contribution in [3.8, 4) is 0 Å². The summed E-state index contributed by atoms with van der Waals surface area (Å²) in [6.07, 6.45) is 6.13. The predicted molar refractivity (Wildman–Crippen MR) is 68.8 cm³/mol. The Kier molecular flexibility index (Phi) is 3.12. The van der Waals surface area contributed by atoms with E-state index in [-0.39, 0.29) is 0 Å². The van der Waals surface area contributed by atoms with Gasteiger partial charge in [-0.1, -0.05) is 6.07 Å². The van der Waals surface area contributed by atoms with Crippen LogP contribution in [-0.4, -0.2) is 35.1 Å². The number of nitrogens with zero attached hydrogens (tertiary/aromatic N) is 2. The second-order valence-electron chi connectivity index (χ2n) is 5.40. The molecule has 2 aliphatic rings. The lowest BCUT2D eigenvalue weighted by atomic mass is 10.2. The molecule has 1 aliphatic carbocycles. The first-order chi connectivity index (χ1) is 8.31. The lowest BCUT2D eigenvalue weighted by molar-refractivity contribution is 0.317. The number of hydrogen-bond acceptors (Lipinski definition) is 3. The van der Waals surface area contributed by atoms with Gasteiger partial charge in [-0.3, -0.25) is 9.88 Å². The molecule has 3 heteroatoms. The molecule has 2 heterocycles. The topological polar surface area (TPSA) is 28.2 Å². The van der Waals surface area contributed by atoms with Gasteiger partial charge in [-0.05, 0) is 37.8 Å². The van der Waals surface area contributed by atoms with Crippen LogP contribution in [0.15, 0.2) is 18.3 Å². The quantitative estimate of drug-likeness (QED) is 0.855. The highest BCUT2D eigenvalue weighted by atomic mass is 15.2. The average Bonchev–Trinajstić information content (AvgIpc) is 3.09. The number of aromatic nitrogens is 1. The van der Waals surface area contributed by atoms with E-state index in [4.69, 9.17) is 0 Å². The molecule has 0 amide bonds. The minimum absolute atomic E-state index is 0.678. The van der Waals surface area contributed by atoms with Gasteiger partial charge < -0.3 is 5.32 Å². The monoisotopic (exact) mass is 231 g/mol. The van der Waals surface area contributed by atoms with Crippen molar-refractivity contribution >= 4 is 0 Å². The Morgan fingerprint density at radius 3 is 2.94 bits per heavy atom. The van der Waals surface area contributed by atoms with Gasteiger partial charge in [-0.2, -0.15) is 0 Å². The summed E-state index contributed by atoms with van der Waals surface area (Å²) in [6, 6.07) is 5.85. The van der Waals surface area contributed by atoms with E-state index in [0.29, 0.717) is 6.04 Å². The van der Waals surface area contributed by atoms with Crippen molar-refractivity contribution < 1.29 is 0 Å². The van der Waals surface area contributed by atoms with Gasteiger partial charge in [0.25, 0.3) is 0 Å². The van der Waals surface area contributed by atoms with E-state index in [9.17, 15) is 0 Å². The molecule has 1 aromatic rings. The molecule has 92 valence electrons. The third-order valence-corrected chi connectivity index (χ3v) is 3.85. The molecule has 1 saturated carbocycles. The van der Waals surface area contributed by atoms with E-state index in [1.165, 1.54) is 37.9 Å². The Hall–Kier alpha value is -0.930. The molecule has 3 rings (SSSR count). The average molecular weight is 231 g/mol. The number of rotatable bonds is 4. The van der Waals surface area contributed by atoms with Gasteiger partial charge in [-0.15, -0.1) is 0 Å². The number of pyridine rings is 1. The van der Waals surface area contributed by atoms with Gasteiger partial charge in [0, 0.05) is 43.6 Å². The van der Waals surface area contributed by atoms with E-state index in [0.717, 1.165) is 18.3 Å². The molecular formula is C14H21N3. The molecule has 0 bridgehead atoms. The zero-order valence-electron chi connectivity index (χ0n) is 10.5. The van der Waals surface area contributed by atoms with Crippen LogP contribution in [-0.2, 0) is 6.54 Å². The van der Waals surface area contributed by atoms with Crippen molar-refractivity contribution in [2.45, 2.75) is 44.8 Å². The molecule has 1 aromatic heterocycles. The summed E-state index contributed by atoms with van der Waals surface area (Å²) >= 11 is 0. The SMILES string of the molecule is Cc1ccc(CNC2CCN(C3CC3)C2)cn1. The predicted octanol–water partition coefficient (Wildman–Crippen LogP) is 1.72. The third-order valence-electron chi connectivity index (χ3n) is 3.85. The van der Waals surface area contributed by atoms with E-state index in [1.54, 1.807) is 0 Å². The molecular weight excluding hydrogens is 210 g/mol. The first-order valence-corrected chi connectivity index (χ1v) is 6.70. The summed E-state index contributed by atoms with van der Waals surface area (Å²) in [4.78, 5) is 6.97. The molecule has 0 aromatic carbocycles. The van der Waals surface area contributed by atoms with Gasteiger partial charge in [0.05, 0.1) is 0 Å². The first kappa shape index (κ1) is 11.2.